The lowest BCUT2D eigenvalue weighted by molar-refractivity contribution is -0.122. The van der Waals surface area contributed by atoms with Crippen LogP contribution in [0.3, 0.4) is 0 Å². The molecule has 2 aliphatic heterocycles. The van der Waals surface area contributed by atoms with Crippen molar-refractivity contribution in [2.24, 2.45) is 0 Å². The summed E-state index contributed by atoms with van der Waals surface area (Å²) >= 11 is 0. The number of halogens is 1. The van der Waals surface area contributed by atoms with Crippen molar-refractivity contribution in [3.63, 3.8) is 0 Å². The first kappa shape index (κ1) is 22.7. The number of aromatic nitrogens is 2. The molecular weight excluding hydrogens is 459 g/mol. The van der Waals surface area contributed by atoms with Gasteiger partial charge in [-0.15, -0.1) is 0 Å². The van der Waals surface area contributed by atoms with Gasteiger partial charge in [0.2, 0.25) is 0 Å². The molecule has 3 N–H and O–H groups in total. The standard InChI is InChI=1S/C28H27FN4O3/c29-21-8-6-10-23-24(21)20(16-33(23)15-17(34)14-32-11-4-1-5-12-32)26-25(27(35)31-28(26)36)19-13-30-22-9-3-2-7-18(19)22/h2-3,6-10,13,16-17,30,34H,1,4-5,11-12,14-15H2,(H,31,35,36). The third-order valence-electron chi connectivity index (χ3n) is 7.24. The van der Waals surface area contributed by atoms with E-state index in [1.165, 1.54) is 12.5 Å². The second-order valence-corrected chi connectivity index (χ2v) is 9.63. The Labute approximate surface area is 207 Å². The van der Waals surface area contributed by atoms with Crippen molar-refractivity contribution in [3.05, 3.63) is 71.8 Å². The van der Waals surface area contributed by atoms with Crippen molar-refractivity contribution >= 4 is 44.8 Å². The van der Waals surface area contributed by atoms with Crippen LogP contribution in [0, 0.1) is 5.82 Å². The fourth-order valence-corrected chi connectivity index (χ4v) is 5.62. The van der Waals surface area contributed by atoms with E-state index in [2.05, 4.69) is 15.2 Å². The van der Waals surface area contributed by atoms with E-state index in [0.717, 1.165) is 36.8 Å². The first-order valence-corrected chi connectivity index (χ1v) is 12.4. The zero-order valence-corrected chi connectivity index (χ0v) is 19.8. The van der Waals surface area contributed by atoms with Gasteiger partial charge in [0.05, 0.1) is 22.8 Å². The number of nitrogens with one attached hydrogen (secondary N) is 2. The van der Waals surface area contributed by atoms with Gasteiger partial charge in [0, 0.05) is 52.9 Å². The summed E-state index contributed by atoms with van der Waals surface area (Å²) < 4.78 is 17.0. The highest BCUT2D eigenvalue weighted by atomic mass is 19.1. The fourth-order valence-electron chi connectivity index (χ4n) is 5.62. The van der Waals surface area contributed by atoms with Gasteiger partial charge >= 0.3 is 0 Å². The number of aliphatic hydroxyl groups is 1. The molecule has 2 aliphatic rings. The van der Waals surface area contributed by atoms with E-state index in [1.54, 1.807) is 29.1 Å². The Hall–Kier alpha value is -3.75. The second kappa shape index (κ2) is 9.04. The van der Waals surface area contributed by atoms with E-state index in [4.69, 9.17) is 0 Å². The molecular formula is C28H27FN4O3. The molecule has 8 heteroatoms. The highest BCUT2D eigenvalue weighted by molar-refractivity contribution is 6.50. The van der Waals surface area contributed by atoms with E-state index in [-0.39, 0.29) is 23.1 Å². The first-order chi connectivity index (χ1) is 17.5. The Bertz CT molecular complexity index is 1530. The molecule has 2 aromatic carbocycles. The number of aliphatic hydroxyl groups excluding tert-OH is 1. The molecule has 1 atom stereocenters. The average molecular weight is 487 g/mol. The summed E-state index contributed by atoms with van der Waals surface area (Å²) in [5.74, 6) is -1.55. The Morgan fingerprint density at radius 3 is 2.47 bits per heavy atom. The summed E-state index contributed by atoms with van der Waals surface area (Å²) in [5.41, 5.74) is 2.70. The average Bonchev–Trinajstić information content (AvgIpc) is 3.53. The summed E-state index contributed by atoms with van der Waals surface area (Å²) in [7, 11) is 0. The molecule has 0 saturated carbocycles. The van der Waals surface area contributed by atoms with Gasteiger partial charge < -0.3 is 19.6 Å². The Morgan fingerprint density at radius 2 is 1.67 bits per heavy atom. The number of piperidine rings is 1. The normalized spacial score (nSPS) is 17.9. The summed E-state index contributed by atoms with van der Waals surface area (Å²) in [6.07, 6.45) is 6.21. The van der Waals surface area contributed by atoms with Gasteiger partial charge in [0.15, 0.2) is 0 Å². The van der Waals surface area contributed by atoms with Gasteiger partial charge in [0.1, 0.15) is 5.82 Å². The van der Waals surface area contributed by atoms with Crippen LogP contribution in [0.4, 0.5) is 4.39 Å². The number of imide groups is 1. The van der Waals surface area contributed by atoms with Gasteiger partial charge in [-0.25, -0.2) is 4.39 Å². The van der Waals surface area contributed by atoms with Crippen LogP contribution in [0.25, 0.3) is 33.0 Å². The number of carbonyl (C=O) groups excluding carboxylic acids is 2. The molecule has 1 saturated heterocycles. The molecule has 184 valence electrons. The number of fused-ring (bicyclic) bond motifs is 2. The van der Waals surface area contributed by atoms with Crippen LogP contribution in [0.5, 0.6) is 0 Å². The minimum absolute atomic E-state index is 0.143. The molecule has 0 bridgehead atoms. The number of carbonyl (C=O) groups is 2. The Kier molecular flexibility index (Phi) is 5.70. The van der Waals surface area contributed by atoms with E-state index >= 15 is 4.39 Å². The zero-order chi connectivity index (χ0) is 24.8. The highest BCUT2D eigenvalue weighted by Crippen LogP contribution is 2.39. The molecule has 6 rings (SSSR count). The van der Waals surface area contributed by atoms with Crippen molar-refractivity contribution < 1.29 is 19.1 Å². The van der Waals surface area contributed by atoms with Gasteiger partial charge in [-0.2, -0.15) is 0 Å². The summed E-state index contributed by atoms with van der Waals surface area (Å²) in [4.78, 5) is 31.5. The topological polar surface area (TPSA) is 90.4 Å². The van der Waals surface area contributed by atoms with Gasteiger partial charge in [-0.05, 0) is 44.1 Å². The van der Waals surface area contributed by atoms with Crippen LogP contribution in [0.15, 0.2) is 54.9 Å². The maximum absolute atomic E-state index is 15.2. The number of likely N-dealkylation sites (tertiary alicyclic amines) is 1. The minimum atomic E-state index is -0.657. The van der Waals surface area contributed by atoms with Crippen LogP contribution >= 0.6 is 0 Å². The minimum Gasteiger partial charge on any atom is -0.390 e. The van der Waals surface area contributed by atoms with Crippen LogP contribution in [0.1, 0.15) is 30.4 Å². The number of nitrogens with zero attached hydrogens (tertiary/aromatic N) is 2. The van der Waals surface area contributed by atoms with E-state index < -0.39 is 23.7 Å². The number of rotatable bonds is 6. The summed E-state index contributed by atoms with van der Waals surface area (Å²) in [6, 6.07) is 12.3. The maximum atomic E-state index is 15.2. The van der Waals surface area contributed by atoms with Crippen molar-refractivity contribution in [3.8, 4) is 0 Å². The van der Waals surface area contributed by atoms with Crippen LogP contribution in [-0.2, 0) is 16.1 Å². The molecule has 0 spiro atoms. The largest absolute Gasteiger partial charge is 0.390 e. The third kappa shape index (κ3) is 3.83. The molecule has 36 heavy (non-hydrogen) atoms. The lowest BCUT2D eigenvalue weighted by Crippen LogP contribution is -2.37. The molecule has 2 amide bonds. The van der Waals surface area contributed by atoms with Crippen LogP contribution < -0.4 is 5.32 Å². The van der Waals surface area contributed by atoms with Crippen molar-refractivity contribution in [2.45, 2.75) is 31.9 Å². The molecule has 7 nitrogen and oxygen atoms in total. The SMILES string of the molecule is O=C1NC(=O)C(c2cn(CC(O)CN3CCCCC3)c3cccc(F)c23)=C1c1c[nH]c2ccccc12. The number of amides is 2. The summed E-state index contributed by atoms with van der Waals surface area (Å²) in [6.45, 7) is 2.72. The molecule has 4 aromatic rings. The number of β-amino-alcohol motifs (C(OH)–C–C–N with tert-alkyl or cyclic N) is 1. The van der Waals surface area contributed by atoms with Gasteiger partial charge in [-0.1, -0.05) is 30.7 Å². The number of hydrogen-bond acceptors (Lipinski definition) is 4. The molecule has 2 aromatic heterocycles. The fraction of sp³-hybridized carbons (Fsp3) is 0.286. The van der Waals surface area contributed by atoms with Crippen molar-refractivity contribution in [1.82, 2.24) is 19.8 Å². The number of benzene rings is 2. The number of aromatic amines is 1. The van der Waals surface area contributed by atoms with E-state index in [1.807, 2.05) is 24.3 Å². The third-order valence-corrected chi connectivity index (χ3v) is 7.24. The molecule has 0 aliphatic carbocycles. The Morgan fingerprint density at radius 1 is 0.917 bits per heavy atom. The number of para-hydroxylation sites is 1. The quantitative estimate of drug-likeness (QED) is 0.363. The summed E-state index contributed by atoms with van der Waals surface area (Å²) in [5, 5.41) is 14.3. The van der Waals surface area contributed by atoms with Crippen LogP contribution in [-0.4, -0.2) is 57.1 Å². The van der Waals surface area contributed by atoms with Crippen molar-refractivity contribution in [1.29, 1.82) is 0 Å². The Balaban J connectivity index is 1.47. The smallest absolute Gasteiger partial charge is 0.259 e. The maximum Gasteiger partial charge on any atom is 0.259 e. The first-order valence-electron chi connectivity index (χ1n) is 12.4. The molecule has 1 fully saturated rings. The van der Waals surface area contributed by atoms with Gasteiger partial charge in [0.25, 0.3) is 11.8 Å². The lowest BCUT2D eigenvalue weighted by Gasteiger charge is -2.28. The predicted molar refractivity (Wildman–Crippen MR) is 136 cm³/mol. The zero-order valence-electron chi connectivity index (χ0n) is 19.8. The van der Waals surface area contributed by atoms with Gasteiger partial charge in [-0.3, -0.25) is 14.9 Å². The molecule has 0 radical (unpaired) electrons. The second-order valence-electron chi connectivity index (χ2n) is 9.63. The van der Waals surface area contributed by atoms with E-state index in [0.29, 0.717) is 23.2 Å². The predicted octanol–water partition coefficient (Wildman–Crippen LogP) is 3.68. The number of hydrogen-bond donors (Lipinski definition) is 3. The van der Waals surface area contributed by atoms with E-state index in [9.17, 15) is 14.7 Å². The number of H-pyrrole nitrogens is 1. The molecule has 4 heterocycles. The molecule has 1 unspecified atom stereocenters. The highest BCUT2D eigenvalue weighted by Gasteiger charge is 2.35. The van der Waals surface area contributed by atoms with Crippen molar-refractivity contribution in [2.75, 3.05) is 19.6 Å². The van der Waals surface area contributed by atoms with Crippen LogP contribution in [0.2, 0.25) is 0 Å². The lowest BCUT2D eigenvalue weighted by atomic mass is 9.95. The monoisotopic (exact) mass is 486 g/mol.